The van der Waals surface area contributed by atoms with Crippen LogP contribution in [-0.4, -0.2) is 18.0 Å². The third-order valence-corrected chi connectivity index (χ3v) is 8.98. The van der Waals surface area contributed by atoms with Crippen LogP contribution >= 0.6 is 0 Å². The predicted octanol–water partition coefficient (Wildman–Crippen LogP) is 8.33. The molecule has 6 rings (SSSR count). The van der Waals surface area contributed by atoms with Crippen LogP contribution in [-0.2, 0) is 0 Å². The van der Waals surface area contributed by atoms with E-state index >= 15 is 0 Å². The molecule has 174 valence electrons. The second-order valence-corrected chi connectivity index (χ2v) is 15.5. The molecule has 2 heterocycles. The fourth-order valence-electron chi connectivity index (χ4n) is 4.71. The lowest BCUT2D eigenvalue weighted by molar-refractivity contribution is 1.40. The van der Waals surface area contributed by atoms with E-state index in [2.05, 4.69) is 116 Å². The maximum atomic E-state index is 4.81. The van der Waals surface area contributed by atoms with Crippen LogP contribution in [0.2, 0.25) is 19.6 Å². The molecule has 0 saturated carbocycles. The second-order valence-electron chi connectivity index (χ2n) is 10.5. The van der Waals surface area contributed by atoms with Crippen molar-refractivity contribution < 1.29 is 0 Å². The summed E-state index contributed by atoms with van der Waals surface area (Å²) >= 11 is 0. The monoisotopic (exact) mass is 480 g/mol. The molecule has 0 fully saturated rings. The smallest absolute Gasteiger partial charge is 0.0775 e. The number of para-hydroxylation sites is 1. The van der Waals surface area contributed by atoms with Gasteiger partial charge < -0.3 is 0 Å². The Morgan fingerprint density at radius 3 is 1.58 bits per heavy atom. The van der Waals surface area contributed by atoms with Crippen molar-refractivity contribution in [1.29, 1.82) is 0 Å². The number of pyridine rings is 2. The molecule has 0 bridgehead atoms. The van der Waals surface area contributed by atoms with Gasteiger partial charge in [0.25, 0.3) is 0 Å². The van der Waals surface area contributed by atoms with Crippen molar-refractivity contribution in [2.24, 2.45) is 0 Å². The van der Waals surface area contributed by atoms with E-state index in [1.807, 2.05) is 24.5 Å². The molecule has 2 aromatic heterocycles. The van der Waals surface area contributed by atoms with Crippen LogP contribution in [0.5, 0.6) is 0 Å². The first-order chi connectivity index (χ1) is 17.4. The minimum absolute atomic E-state index is 1.02. The largest absolute Gasteiger partial charge is 0.256 e. The fourth-order valence-corrected chi connectivity index (χ4v) is 5.87. The van der Waals surface area contributed by atoms with Gasteiger partial charge in [-0.15, -0.1) is 0 Å². The Morgan fingerprint density at radius 2 is 0.944 bits per heavy atom. The van der Waals surface area contributed by atoms with E-state index in [1.54, 1.807) is 0 Å². The maximum Gasteiger partial charge on any atom is 0.0775 e. The summed E-state index contributed by atoms with van der Waals surface area (Å²) in [7, 11) is -1.29. The van der Waals surface area contributed by atoms with Gasteiger partial charge in [-0.3, -0.25) is 9.97 Å². The van der Waals surface area contributed by atoms with E-state index in [9.17, 15) is 0 Å². The summed E-state index contributed by atoms with van der Waals surface area (Å²) in [6.45, 7) is 7.15. The van der Waals surface area contributed by atoms with Crippen molar-refractivity contribution in [3.05, 3.63) is 116 Å². The van der Waals surface area contributed by atoms with Crippen molar-refractivity contribution in [3.8, 4) is 33.4 Å². The van der Waals surface area contributed by atoms with Crippen LogP contribution in [0, 0.1) is 0 Å². The molecule has 0 radical (unpaired) electrons. The molecule has 0 atom stereocenters. The molecule has 0 N–H and O–H groups in total. The zero-order valence-electron chi connectivity index (χ0n) is 20.9. The van der Waals surface area contributed by atoms with Crippen molar-refractivity contribution >= 4 is 35.1 Å². The highest BCUT2D eigenvalue weighted by molar-refractivity contribution is 6.88. The lowest BCUT2D eigenvalue weighted by Crippen LogP contribution is -2.37. The number of hydrogen-bond acceptors (Lipinski definition) is 2. The van der Waals surface area contributed by atoms with Crippen molar-refractivity contribution in [2.75, 3.05) is 0 Å². The quantitative estimate of drug-likeness (QED) is 0.237. The topological polar surface area (TPSA) is 25.8 Å². The highest BCUT2D eigenvalue weighted by Gasteiger charge is 2.15. The summed E-state index contributed by atoms with van der Waals surface area (Å²) in [5.74, 6) is 0. The Kier molecular flexibility index (Phi) is 5.50. The number of benzene rings is 4. The first-order valence-electron chi connectivity index (χ1n) is 12.4. The normalized spacial score (nSPS) is 11.8. The van der Waals surface area contributed by atoms with Gasteiger partial charge >= 0.3 is 0 Å². The molecular formula is C33H28N2Si. The van der Waals surface area contributed by atoms with Gasteiger partial charge in [-0.25, -0.2) is 0 Å². The summed E-state index contributed by atoms with van der Waals surface area (Å²) in [6.07, 6.45) is 3.93. The van der Waals surface area contributed by atoms with Crippen molar-refractivity contribution in [1.82, 2.24) is 9.97 Å². The molecule has 36 heavy (non-hydrogen) atoms. The Bertz CT molecular complexity index is 1700. The lowest BCUT2D eigenvalue weighted by Gasteiger charge is -2.16. The molecule has 0 saturated heterocycles. The highest BCUT2D eigenvalue weighted by Crippen LogP contribution is 2.29. The Hall–Kier alpha value is -4.08. The molecule has 0 aliphatic heterocycles. The summed E-state index contributed by atoms with van der Waals surface area (Å²) < 4.78 is 0. The average molecular weight is 481 g/mol. The molecule has 0 aliphatic carbocycles. The van der Waals surface area contributed by atoms with Crippen LogP contribution in [0.4, 0.5) is 0 Å². The standard InChI is InChI=1S/C33H28N2Si/c1-36(2,3)31-16-14-23(15-17-31)26-12-13-28-19-30(22-35-33(28)20-26)25-10-8-24(9-11-25)29-18-27-6-4-5-7-32(27)34-21-29/h4-22H,1-3H3. The highest BCUT2D eigenvalue weighted by atomic mass is 28.3. The van der Waals surface area contributed by atoms with E-state index in [0.717, 1.165) is 44.1 Å². The molecule has 3 heteroatoms. The Balaban J connectivity index is 1.27. The SMILES string of the molecule is C[Si](C)(C)c1ccc(-c2ccc3cc(-c4ccc(-c5cnc6ccccc6c5)cc4)cnc3c2)cc1. The molecule has 0 spiro atoms. The fraction of sp³-hybridized carbons (Fsp3) is 0.0909. The third-order valence-electron chi connectivity index (χ3n) is 6.91. The summed E-state index contributed by atoms with van der Waals surface area (Å²) in [6, 6.07) is 37.0. The van der Waals surface area contributed by atoms with Crippen molar-refractivity contribution in [2.45, 2.75) is 19.6 Å². The Morgan fingerprint density at radius 1 is 0.444 bits per heavy atom. The van der Waals surface area contributed by atoms with Crippen LogP contribution in [0.3, 0.4) is 0 Å². The van der Waals surface area contributed by atoms with Gasteiger partial charge in [0.1, 0.15) is 0 Å². The van der Waals surface area contributed by atoms with Crippen LogP contribution < -0.4 is 5.19 Å². The average Bonchev–Trinajstić information content (AvgIpc) is 2.92. The molecule has 4 aromatic carbocycles. The molecule has 6 aromatic rings. The van der Waals surface area contributed by atoms with Crippen LogP contribution in [0.1, 0.15) is 0 Å². The zero-order chi connectivity index (χ0) is 24.7. The third kappa shape index (κ3) is 4.34. The van der Waals surface area contributed by atoms with Gasteiger partial charge in [0.05, 0.1) is 19.1 Å². The van der Waals surface area contributed by atoms with E-state index < -0.39 is 8.07 Å². The maximum absolute atomic E-state index is 4.81. The van der Waals surface area contributed by atoms with Gasteiger partial charge in [-0.1, -0.05) is 104 Å². The van der Waals surface area contributed by atoms with E-state index in [1.165, 1.54) is 16.3 Å². The van der Waals surface area contributed by atoms with Crippen molar-refractivity contribution in [3.63, 3.8) is 0 Å². The summed E-state index contributed by atoms with van der Waals surface area (Å²) in [4.78, 5) is 9.42. The van der Waals surface area contributed by atoms with E-state index in [0.29, 0.717) is 0 Å². The molecule has 2 nitrogen and oxygen atoms in total. The molecule has 0 aliphatic rings. The summed E-state index contributed by atoms with van der Waals surface area (Å²) in [5.41, 5.74) is 9.06. The Labute approximate surface area is 213 Å². The second kappa shape index (κ2) is 8.85. The van der Waals surface area contributed by atoms with Gasteiger partial charge in [-0.05, 0) is 46.5 Å². The van der Waals surface area contributed by atoms with Gasteiger partial charge in [0.15, 0.2) is 0 Å². The lowest BCUT2D eigenvalue weighted by atomic mass is 9.99. The van der Waals surface area contributed by atoms with Gasteiger partial charge in [0.2, 0.25) is 0 Å². The van der Waals surface area contributed by atoms with Crippen LogP contribution in [0.15, 0.2) is 116 Å². The van der Waals surface area contributed by atoms with Gasteiger partial charge in [-0.2, -0.15) is 0 Å². The van der Waals surface area contributed by atoms with Gasteiger partial charge in [0, 0.05) is 34.3 Å². The molecule has 0 amide bonds. The minimum atomic E-state index is -1.29. The van der Waals surface area contributed by atoms with E-state index in [4.69, 9.17) is 4.98 Å². The first-order valence-corrected chi connectivity index (χ1v) is 15.9. The molecular weight excluding hydrogens is 452 g/mol. The summed E-state index contributed by atoms with van der Waals surface area (Å²) in [5, 5.41) is 3.79. The van der Waals surface area contributed by atoms with E-state index in [-0.39, 0.29) is 0 Å². The molecule has 0 unspecified atom stereocenters. The number of aromatic nitrogens is 2. The number of nitrogens with zero attached hydrogens (tertiary/aromatic N) is 2. The van der Waals surface area contributed by atoms with Crippen LogP contribution in [0.25, 0.3) is 55.2 Å². The number of hydrogen-bond donors (Lipinski definition) is 0. The number of rotatable bonds is 4. The first kappa shape index (κ1) is 22.4. The predicted molar refractivity (Wildman–Crippen MR) is 156 cm³/mol. The minimum Gasteiger partial charge on any atom is -0.256 e. The zero-order valence-corrected chi connectivity index (χ0v) is 21.9. The number of fused-ring (bicyclic) bond motifs is 2.